The van der Waals surface area contributed by atoms with E-state index in [9.17, 15) is 23.6 Å². The van der Waals surface area contributed by atoms with Crippen molar-refractivity contribution >= 4 is 34.9 Å². The molecule has 3 aromatic rings. The van der Waals surface area contributed by atoms with Crippen molar-refractivity contribution in [2.75, 3.05) is 13.2 Å². The molecule has 0 N–H and O–H groups in total. The molecule has 0 bridgehead atoms. The first-order valence-electron chi connectivity index (χ1n) is 14.5. The highest BCUT2D eigenvalue weighted by Gasteiger charge is 2.48. The van der Waals surface area contributed by atoms with Crippen LogP contribution < -0.4 is 0 Å². The third kappa shape index (κ3) is 7.02. The minimum atomic E-state index is -1.22. The Balaban J connectivity index is 1.44. The number of aromatic nitrogens is 1. The van der Waals surface area contributed by atoms with E-state index in [1.807, 2.05) is 30.3 Å². The third-order valence-electron chi connectivity index (χ3n) is 7.75. The van der Waals surface area contributed by atoms with Crippen LogP contribution in [0.2, 0.25) is 0 Å². The largest absolute Gasteiger partial charge is 0.456 e. The van der Waals surface area contributed by atoms with Crippen molar-refractivity contribution < 1.29 is 47.3 Å². The fraction of sp³-hybridized carbons (Fsp3) is 0.438. The van der Waals surface area contributed by atoms with Crippen LogP contribution in [0.15, 0.2) is 54.7 Å². The monoisotopic (exact) mass is 610 g/mol. The summed E-state index contributed by atoms with van der Waals surface area (Å²) >= 11 is 0. The SMILES string of the molecule is CC(=O)O[C@@H]1[C@@H](OC(C)=O)[C@H](OC(C)=O)CO[C@H]1n1cc(C[C@@H]2CCCN2C(=O)OCc2ccccc2)c2ccc(F)cc21. The molecule has 11 nitrogen and oxygen atoms in total. The molecular formula is C32H35FN2O9. The van der Waals surface area contributed by atoms with Crippen LogP contribution in [0.1, 0.15) is 51.0 Å². The highest BCUT2D eigenvalue weighted by molar-refractivity contribution is 5.84. The minimum absolute atomic E-state index is 0.163. The van der Waals surface area contributed by atoms with Gasteiger partial charge in [0, 0.05) is 44.9 Å². The van der Waals surface area contributed by atoms with Crippen molar-refractivity contribution in [3.05, 3.63) is 71.7 Å². The number of ether oxygens (including phenoxy) is 5. The molecule has 2 aliphatic heterocycles. The lowest BCUT2D eigenvalue weighted by Gasteiger charge is -2.41. The maximum Gasteiger partial charge on any atom is 0.410 e. The number of likely N-dealkylation sites (tertiary alicyclic amines) is 1. The van der Waals surface area contributed by atoms with Gasteiger partial charge >= 0.3 is 24.0 Å². The summed E-state index contributed by atoms with van der Waals surface area (Å²) in [7, 11) is 0. The number of rotatable bonds is 8. The lowest BCUT2D eigenvalue weighted by atomic mass is 10.0. The van der Waals surface area contributed by atoms with Gasteiger partial charge in [0.2, 0.25) is 0 Å². The second kappa shape index (κ2) is 13.5. The standard InChI is InChI=1S/C32H35FN2O9/c1-19(36)42-28-18-40-31(30(44-21(3)38)29(28)43-20(2)37)35-16-23(26-12-11-24(33)15-27(26)35)14-25-10-7-13-34(25)32(39)41-17-22-8-5-4-6-9-22/h4-6,8-9,11-12,15-16,25,28-31H,7,10,13-14,17-18H2,1-3H3/t25-,28+,29-,30+,31+/m0/s1. The van der Waals surface area contributed by atoms with Crippen LogP contribution in [0.5, 0.6) is 0 Å². The Hall–Kier alpha value is -4.45. The van der Waals surface area contributed by atoms with E-state index in [0.29, 0.717) is 23.9 Å². The topological polar surface area (TPSA) is 123 Å². The molecule has 0 radical (unpaired) electrons. The predicted octanol–water partition coefficient (Wildman–Crippen LogP) is 4.45. The van der Waals surface area contributed by atoms with E-state index in [2.05, 4.69) is 0 Å². The first-order chi connectivity index (χ1) is 21.1. The van der Waals surface area contributed by atoms with Gasteiger partial charge in [-0.2, -0.15) is 0 Å². The molecule has 2 saturated heterocycles. The fourth-order valence-electron chi connectivity index (χ4n) is 5.98. The Kier molecular flexibility index (Phi) is 9.48. The van der Waals surface area contributed by atoms with Crippen molar-refractivity contribution in [3.8, 4) is 0 Å². The molecule has 234 valence electrons. The number of halogens is 1. The molecule has 3 heterocycles. The van der Waals surface area contributed by atoms with Gasteiger partial charge in [0.15, 0.2) is 24.5 Å². The number of carbonyl (C=O) groups is 4. The van der Waals surface area contributed by atoms with Crippen LogP contribution in [0.25, 0.3) is 10.9 Å². The quantitative estimate of drug-likeness (QED) is 0.269. The Bertz CT molecular complexity index is 1520. The molecule has 0 unspecified atom stereocenters. The first-order valence-corrected chi connectivity index (χ1v) is 14.5. The molecule has 2 aliphatic rings. The van der Waals surface area contributed by atoms with Gasteiger partial charge in [0.1, 0.15) is 12.4 Å². The maximum atomic E-state index is 14.6. The lowest BCUT2D eigenvalue weighted by molar-refractivity contribution is -0.239. The van der Waals surface area contributed by atoms with Crippen LogP contribution >= 0.6 is 0 Å². The zero-order chi connectivity index (χ0) is 31.4. The van der Waals surface area contributed by atoms with E-state index in [1.165, 1.54) is 32.9 Å². The summed E-state index contributed by atoms with van der Waals surface area (Å²) in [5.74, 6) is -2.48. The molecule has 44 heavy (non-hydrogen) atoms. The number of nitrogens with zero attached hydrogens (tertiary/aromatic N) is 2. The zero-order valence-electron chi connectivity index (χ0n) is 24.8. The van der Waals surface area contributed by atoms with Gasteiger partial charge in [0.05, 0.1) is 12.1 Å². The van der Waals surface area contributed by atoms with Gasteiger partial charge < -0.3 is 33.2 Å². The van der Waals surface area contributed by atoms with E-state index in [4.69, 9.17) is 23.7 Å². The smallest absolute Gasteiger partial charge is 0.410 e. The molecule has 1 amide bonds. The van der Waals surface area contributed by atoms with Crippen molar-refractivity contribution in [3.63, 3.8) is 0 Å². The molecule has 5 rings (SSSR count). The van der Waals surface area contributed by atoms with E-state index < -0.39 is 54.4 Å². The summed E-state index contributed by atoms with van der Waals surface area (Å²) in [4.78, 5) is 50.8. The van der Waals surface area contributed by atoms with Gasteiger partial charge in [-0.3, -0.25) is 14.4 Å². The van der Waals surface area contributed by atoms with Gasteiger partial charge in [0.25, 0.3) is 0 Å². The molecular weight excluding hydrogens is 575 g/mol. The maximum absolute atomic E-state index is 14.6. The lowest BCUT2D eigenvalue weighted by Crippen LogP contribution is -2.55. The summed E-state index contributed by atoms with van der Waals surface area (Å²) < 4.78 is 44.4. The van der Waals surface area contributed by atoms with Crippen molar-refractivity contribution in [2.45, 2.75) is 77.2 Å². The summed E-state index contributed by atoms with van der Waals surface area (Å²) in [5, 5.41) is 0.715. The number of amides is 1. The van der Waals surface area contributed by atoms with E-state index in [-0.39, 0.29) is 19.3 Å². The predicted molar refractivity (Wildman–Crippen MR) is 154 cm³/mol. The zero-order valence-corrected chi connectivity index (χ0v) is 24.8. The highest BCUT2D eigenvalue weighted by Crippen LogP contribution is 2.36. The first kappa shape index (κ1) is 31.0. The van der Waals surface area contributed by atoms with Crippen LogP contribution in [-0.4, -0.2) is 71.0 Å². The molecule has 1 aromatic heterocycles. The Morgan fingerprint density at radius 2 is 1.64 bits per heavy atom. The second-order valence-electron chi connectivity index (χ2n) is 11.0. The molecule has 0 spiro atoms. The van der Waals surface area contributed by atoms with E-state index in [1.54, 1.807) is 21.7 Å². The van der Waals surface area contributed by atoms with Crippen molar-refractivity contribution in [1.29, 1.82) is 0 Å². The molecule has 5 atom stereocenters. The van der Waals surface area contributed by atoms with Gasteiger partial charge in [-0.05, 0) is 48.6 Å². The minimum Gasteiger partial charge on any atom is -0.456 e. The molecule has 0 aliphatic carbocycles. The summed E-state index contributed by atoms with van der Waals surface area (Å²) in [6.07, 6.45) is -1.12. The number of fused-ring (bicyclic) bond motifs is 1. The second-order valence-corrected chi connectivity index (χ2v) is 11.0. The van der Waals surface area contributed by atoms with Crippen molar-refractivity contribution in [1.82, 2.24) is 9.47 Å². The van der Waals surface area contributed by atoms with E-state index in [0.717, 1.165) is 24.0 Å². The Morgan fingerprint density at radius 1 is 0.932 bits per heavy atom. The van der Waals surface area contributed by atoms with Gasteiger partial charge in [-0.1, -0.05) is 30.3 Å². The Morgan fingerprint density at radius 3 is 2.34 bits per heavy atom. The summed E-state index contributed by atoms with van der Waals surface area (Å²) in [6.45, 7) is 4.13. The van der Waals surface area contributed by atoms with Crippen LogP contribution in [0.4, 0.5) is 9.18 Å². The molecule has 2 fully saturated rings. The normalized spacial score (nSPS) is 23.3. The summed E-state index contributed by atoms with van der Waals surface area (Å²) in [6, 6.07) is 13.6. The number of carbonyl (C=O) groups excluding carboxylic acids is 4. The number of hydrogen-bond donors (Lipinski definition) is 0. The van der Waals surface area contributed by atoms with Gasteiger partial charge in [-0.15, -0.1) is 0 Å². The van der Waals surface area contributed by atoms with Crippen molar-refractivity contribution in [2.24, 2.45) is 0 Å². The Labute approximate surface area is 253 Å². The van der Waals surface area contributed by atoms with E-state index >= 15 is 0 Å². The molecule has 12 heteroatoms. The molecule has 0 saturated carbocycles. The molecule has 2 aromatic carbocycles. The highest BCUT2D eigenvalue weighted by atomic mass is 19.1. The third-order valence-corrected chi connectivity index (χ3v) is 7.75. The van der Waals surface area contributed by atoms with Crippen LogP contribution in [-0.2, 0) is 51.1 Å². The van der Waals surface area contributed by atoms with Crippen LogP contribution in [0, 0.1) is 5.82 Å². The summed E-state index contributed by atoms with van der Waals surface area (Å²) in [5.41, 5.74) is 2.15. The fourth-order valence-corrected chi connectivity index (χ4v) is 5.98. The average Bonchev–Trinajstić information content (AvgIpc) is 3.58. The average molecular weight is 611 g/mol. The van der Waals surface area contributed by atoms with Crippen LogP contribution in [0.3, 0.4) is 0 Å². The number of benzene rings is 2. The van der Waals surface area contributed by atoms with Gasteiger partial charge in [-0.25, -0.2) is 9.18 Å². The number of esters is 3. The number of hydrogen-bond acceptors (Lipinski definition) is 9.